The van der Waals surface area contributed by atoms with Gasteiger partial charge in [-0.15, -0.1) is 6.58 Å². The average Bonchev–Trinajstić information content (AvgIpc) is 2.47. The molecule has 3 heteroatoms. The van der Waals surface area contributed by atoms with Crippen LogP contribution in [-0.4, -0.2) is 17.0 Å². The average molecular weight is 382 g/mol. The molecule has 0 bridgehead atoms. The molecule has 0 aliphatic rings. The van der Waals surface area contributed by atoms with Crippen LogP contribution in [0.4, 0.5) is 0 Å². The Morgan fingerprint density at radius 2 is 2.25 bits per heavy atom. The lowest BCUT2D eigenvalue weighted by molar-refractivity contribution is 0.0600. The molecule has 0 amide bonds. The summed E-state index contributed by atoms with van der Waals surface area (Å²) in [7, 11) is 1.38. The van der Waals surface area contributed by atoms with E-state index >= 15 is 0 Å². The Bertz CT molecular complexity index is 511. The Kier molecular flexibility index (Phi) is 8.05. The monoisotopic (exact) mass is 382 g/mol. The quantitative estimate of drug-likeness (QED) is 0.182. The molecule has 20 heavy (non-hydrogen) atoms. The van der Waals surface area contributed by atoms with Crippen molar-refractivity contribution in [2.45, 2.75) is 29.6 Å². The molecule has 0 fully saturated rings. The summed E-state index contributed by atoms with van der Waals surface area (Å²) in [5.74, 6) is 5.85. The lowest BCUT2D eigenvalue weighted by Crippen LogP contribution is -2.03. The number of esters is 1. The Morgan fingerprint density at radius 1 is 1.50 bits per heavy atom. The van der Waals surface area contributed by atoms with Crippen molar-refractivity contribution < 1.29 is 9.53 Å². The third-order valence-electron chi connectivity index (χ3n) is 2.80. The number of halogens is 1. The van der Waals surface area contributed by atoms with Gasteiger partial charge in [-0.1, -0.05) is 52.6 Å². The standard InChI is InChI=1S/C17H19IO2/c1-3-9-15(18)12-6-4-5-10-14-11-7-8-13-16(14)17(19)20-2/h3,7-8,11,13,15H,1,4,6,9,12H2,2H3. The summed E-state index contributed by atoms with van der Waals surface area (Å²) in [6.45, 7) is 3.74. The second-order valence-corrected chi connectivity index (χ2v) is 6.11. The zero-order valence-corrected chi connectivity index (χ0v) is 13.9. The first-order valence-electron chi connectivity index (χ1n) is 6.60. The SMILES string of the molecule is C=CCC(I)CCCC#Cc1ccccc1C(=O)OC. The zero-order chi connectivity index (χ0) is 14.8. The number of carbonyl (C=O) groups excluding carboxylic acids is 1. The number of carbonyl (C=O) groups is 1. The van der Waals surface area contributed by atoms with Crippen molar-refractivity contribution in [3.8, 4) is 11.8 Å². The fourth-order valence-corrected chi connectivity index (χ4v) is 2.55. The Morgan fingerprint density at radius 3 is 2.95 bits per heavy atom. The van der Waals surface area contributed by atoms with Crippen LogP contribution >= 0.6 is 22.6 Å². The summed E-state index contributed by atoms with van der Waals surface area (Å²) in [5.41, 5.74) is 1.26. The molecule has 2 nitrogen and oxygen atoms in total. The van der Waals surface area contributed by atoms with E-state index in [1.807, 2.05) is 24.3 Å². The van der Waals surface area contributed by atoms with Gasteiger partial charge >= 0.3 is 5.97 Å². The van der Waals surface area contributed by atoms with Gasteiger partial charge in [-0.3, -0.25) is 0 Å². The fraction of sp³-hybridized carbons (Fsp3) is 0.353. The Hall–Kier alpha value is -1.28. The summed E-state index contributed by atoms with van der Waals surface area (Å²) >= 11 is 2.44. The first-order chi connectivity index (χ1) is 9.69. The molecule has 106 valence electrons. The molecule has 0 heterocycles. The molecular formula is C17H19IO2. The van der Waals surface area contributed by atoms with Gasteiger partial charge in [0.25, 0.3) is 0 Å². The Balaban J connectivity index is 2.55. The van der Waals surface area contributed by atoms with Crippen molar-refractivity contribution in [3.05, 3.63) is 48.0 Å². The van der Waals surface area contributed by atoms with E-state index in [1.165, 1.54) is 7.11 Å². The van der Waals surface area contributed by atoms with Crippen molar-refractivity contribution in [2.24, 2.45) is 0 Å². The molecule has 0 saturated carbocycles. The van der Waals surface area contributed by atoms with E-state index in [4.69, 9.17) is 4.74 Å². The molecule has 1 atom stereocenters. The van der Waals surface area contributed by atoms with Crippen LogP contribution in [0.2, 0.25) is 0 Å². The van der Waals surface area contributed by atoms with Crippen LogP contribution in [0.3, 0.4) is 0 Å². The third kappa shape index (κ3) is 5.79. The lowest BCUT2D eigenvalue weighted by Gasteiger charge is -2.03. The number of hydrogen-bond donors (Lipinski definition) is 0. The number of methoxy groups -OCH3 is 1. The maximum absolute atomic E-state index is 11.6. The van der Waals surface area contributed by atoms with E-state index in [0.29, 0.717) is 9.49 Å². The highest BCUT2D eigenvalue weighted by Gasteiger charge is 2.08. The van der Waals surface area contributed by atoms with Gasteiger partial charge in [0, 0.05) is 15.9 Å². The highest BCUT2D eigenvalue weighted by atomic mass is 127. The van der Waals surface area contributed by atoms with Gasteiger partial charge in [0.1, 0.15) is 0 Å². The first kappa shape index (κ1) is 16.8. The number of hydrogen-bond acceptors (Lipinski definition) is 2. The van der Waals surface area contributed by atoms with Crippen LogP contribution < -0.4 is 0 Å². The maximum atomic E-state index is 11.6. The van der Waals surface area contributed by atoms with Crippen LogP contribution in [0.5, 0.6) is 0 Å². The molecule has 0 aromatic heterocycles. The molecule has 1 aromatic rings. The molecule has 0 radical (unpaired) electrons. The largest absolute Gasteiger partial charge is 0.465 e. The van der Waals surface area contributed by atoms with Crippen LogP contribution in [0.25, 0.3) is 0 Å². The maximum Gasteiger partial charge on any atom is 0.339 e. The van der Waals surface area contributed by atoms with E-state index in [0.717, 1.165) is 31.2 Å². The molecule has 0 aliphatic carbocycles. The first-order valence-corrected chi connectivity index (χ1v) is 7.84. The summed E-state index contributed by atoms with van der Waals surface area (Å²) < 4.78 is 5.38. The van der Waals surface area contributed by atoms with Crippen LogP contribution in [0, 0.1) is 11.8 Å². The molecule has 1 unspecified atom stereocenters. The normalized spacial score (nSPS) is 11.1. The number of allylic oxidation sites excluding steroid dienone is 1. The highest BCUT2D eigenvalue weighted by molar-refractivity contribution is 14.1. The van der Waals surface area contributed by atoms with Gasteiger partial charge < -0.3 is 4.74 Å². The predicted octanol–water partition coefficient (Wildman–Crippen LogP) is 4.37. The van der Waals surface area contributed by atoms with Gasteiger partial charge in [-0.2, -0.15) is 0 Å². The molecule has 0 aliphatic heterocycles. The topological polar surface area (TPSA) is 26.3 Å². The second-order valence-electron chi connectivity index (χ2n) is 4.35. The van der Waals surface area contributed by atoms with E-state index < -0.39 is 0 Å². The highest BCUT2D eigenvalue weighted by Crippen LogP contribution is 2.14. The minimum Gasteiger partial charge on any atom is -0.465 e. The van der Waals surface area contributed by atoms with Crippen LogP contribution in [-0.2, 0) is 4.74 Å². The molecule has 0 spiro atoms. The number of rotatable bonds is 6. The number of benzene rings is 1. The van der Waals surface area contributed by atoms with E-state index in [-0.39, 0.29) is 5.97 Å². The van der Waals surface area contributed by atoms with Gasteiger partial charge in [0.15, 0.2) is 0 Å². The van der Waals surface area contributed by atoms with Crippen molar-refractivity contribution in [1.29, 1.82) is 0 Å². The minimum absolute atomic E-state index is 0.340. The van der Waals surface area contributed by atoms with Crippen molar-refractivity contribution in [3.63, 3.8) is 0 Å². The predicted molar refractivity (Wildman–Crippen MR) is 91.1 cm³/mol. The Labute approximate surface area is 134 Å². The third-order valence-corrected chi connectivity index (χ3v) is 3.93. The van der Waals surface area contributed by atoms with Crippen LogP contribution in [0.15, 0.2) is 36.9 Å². The minimum atomic E-state index is -0.340. The molecule has 0 N–H and O–H groups in total. The smallest absolute Gasteiger partial charge is 0.339 e. The van der Waals surface area contributed by atoms with Gasteiger partial charge in [-0.05, 0) is 31.4 Å². The number of ether oxygens (including phenoxy) is 1. The zero-order valence-electron chi connectivity index (χ0n) is 11.7. The number of alkyl halides is 1. The van der Waals surface area contributed by atoms with Gasteiger partial charge in [0.2, 0.25) is 0 Å². The molecule has 1 rings (SSSR count). The second kappa shape index (κ2) is 9.60. The van der Waals surface area contributed by atoms with Crippen LogP contribution in [0.1, 0.15) is 41.6 Å². The lowest BCUT2D eigenvalue weighted by atomic mass is 10.1. The van der Waals surface area contributed by atoms with Crippen molar-refractivity contribution >= 4 is 28.6 Å². The summed E-state index contributed by atoms with van der Waals surface area (Å²) in [5, 5.41) is 0. The molecular weight excluding hydrogens is 363 g/mol. The molecule has 1 aromatic carbocycles. The van der Waals surface area contributed by atoms with Gasteiger partial charge in [-0.25, -0.2) is 4.79 Å². The van der Waals surface area contributed by atoms with E-state index in [2.05, 4.69) is 41.0 Å². The van der Waals surface area contributed by atoms with Crippen molar-refractivity contribution in [2.75, 3.05) is 7.11 Å². The summed E-state index contributed by atoms with van der Waals surface area (Å²) in [6.07, 6.45) is 6.04. The summed E-state index contributed by atoms with van der Waals surface area (Å²) in [4.78, 5) is 11.6. The van der Waals surface area contributed by atoms with Gasteiger partial charge in [0.05, 0.1) is 12.7 Å². The van der Waals surface area contributed by atoms with E-state index in [1.54, 1.807) is 6.07 Å². The fourth-order valence-electron chi connectivity index (χ4n) is 1.75. The van der Waals surface area contributed by atoms with Crippen molar-refractivity contribution in [1.82, 2.24) is 0 Å². The van der Waals surface area contributed by atoms with E-state index in [9.17, 15) is 4.79 Å². The molecule has 0 saturated heterocycles. The number of unbranched alkanes of at least 4 members (excludes halogenated alkanes) is 1. The summed E-state index contributed by atoms with van der Waals surface area (Å²) in [6, 6.07) is 7.27.